The maximum Gasteiger partial charge on any atom is 0.249 e. The molecule has 1 aliphatic carbocycles. The fraction of sp³-hybridized carbons (Fsp3) is 0.400. The van der Waals surface area contributed by atoms with E-state index in [0.717, 1.165) is 42.5 Å². The first kappa shape index (κ1) is 23.9. The molecule has 1 fully saturated rings. The number of pyridine rings is 1. The molecule has 8 nitrogen and oxygen atoms in total. The molecule has 0 radical (unpaired) electrons. The first-order chi connectivity index (χ1) is 16.5. The van der Waals surface area contributed by atoms with Crippen LogP contribution in [-0.2, 0) is 9.59 Å². The van der Waals surface area contributed by atoms with Crippen molar-refractivity contribution in [1.82, 2.24) is 25.1 Å². The van der Waals surface area contributed by atoms with Gasteiger partial charge in [-0.2, -0.15) is 0 Å². The number of amides is 2. The van der Waals surface area contributed by atoms with E-state index in [-0.39, 0.29) is 23.6 Å². The van der Waals surface area contributed by atoms with Gasteiger partial charge < -0.3 is 10.6 Å². The number of thioether (sulfide) groups is 1. The van der Waals surface area contributed by atoms with Crippen molar-refractivity contribution in [3.8, 4) is 11.4 Å². The summed E-state index contributed by atoms with van der Waals surface area (Å²) >= 11 is 1.30. The molecule has 3 aromatic rings. The van der Waals surface area contributed by atoms with Gasteiger partial charge in [0.1, 0.15) is 6.04 Å². The average molecular weight is 479 g/mol. The number of aryl methyl sites for hydroxylation is 1. The quantitative estimate of drug-likeness (QED) is 0.466. The van der Waals surface area contributed by atoms with Crippen molar-refractivity contribution in [1.29, 1.82) is 0 Å². The number of hydrogen-bond donors (Lipinski definition) is 2. The highest BCUT2D eigenvalue weighted by molar-refractivity contribution is 7.99. The molecular formula is C25H30N6O2S. The van der Waals surface area contributed by atoms with E-state index in [4.69, 9.17) is 0 Å². The van der Waals surface area contributed by atoms with Crippen LogP contribution in [0.25, 0.3) is 11.4 Å². The smallest absolute Gasteiger partial charge is 0.249 e. The van der Waals surface area contributed by atoms with Gasteiger partial charge in [-0.25, -0.2) is 9.67 Å². The van der Waals surface area contributed by atoms with Crippen LogP contribution in [0.5, 0.6) is 0 Å². The highest BCUT2D eigenvalue weighted by atomic mass is 32.2. The molecule has 1 aromatic carbocycles. The molecule has 1 aliphatic rings. The van der Waals surface area contributed by atoms with Gasteiger partial charge in [-0.3, -0.25) is 14.6 Å². The van der Waals surface area contributed by atoms with Gasteiger partial charge in [-0.15, -0.1) is 5.10 Å². The summed E-state index contributed by atoms with van der Waals surface area (Å²) in [4.78, 5) is 34.3. The fourth-order valence-corrected chi connectivity index (χ4v) is 4.82. The third-order valence-electron chi connectivity index (χ3n) is 5.99. The van der Waals surface area contributed by atoms with Crippen LogP contribution in [-0.4, -0.2) is 43.4 Å². The van der Waals surface area contributed by atoms with E-state index < -0.39 is 6.04 Å². The first-order valence-electron chi connectivity index (χ1n) is 11.7. The summed E-state index contributed by atoms with van der Waals surface area (Å²) in [6, 6.07) is 10.9. The molecule has 0 saturated heterocycles. The van der Waals surface area contributed by atoms with Crippen molar-refractivity contribution in [2.24, 2.45) is 0 Å². The standard InChI is InChI=1S/C25H30N6O2S/c1-17-8-6-7-11-21(17)28-24(33)18(2)31-25(29-23(30-31)19-12-14-26-15-13-19)34-16-22(32)27-20-9-4-3-5-10-20/h6-8,11-15,18,20H,3-5,9-10,16H2,1-2H3,(H,27,32)(H,28,33). The first-order valence-corrected chi connectivity index (χ1v) is 12.7. The second-order valence-electron chi connectivity index (χ2n) is 8.57. The summed E-state index contributed by atoms with van der Waals surface area (Å²) < 4.78 is 1.60. The zero-order valence-electron chi connectivity index (χ0n) is 19.5. The van der Waals surface area contributed by atoms with E-state index in [9.17, 15) is 9.59 Å². The summed E-state index contributed by atoms with van der Waals surface area (Å²) in [5.74, 6) is 0.493. The van der Waals surface area contributed by atoms with Crippen molar-refractivity contribution in [2.75, 3.05) is 11.1 Å². The predicted molar refractivity (Wildman–Crippen MR) is 134 cm³/mol. The van der Waals surface area contributed by atoms with Crippen LogP contribution in [0.1, 0.15) is 50.6 Å². The monoisotopic (exact) mass is 478 g/mol. The molecule has 4 rings (SSSR count). The number of nitrogens with one attached hydrogen (secondary N) is 2. The Kier molecular flexibility index (Phi) is 7.95. The summed E-state index contributed by atoms with van der Waals surface area (Å²) in [6.07, 6.45) is 8.99. The van der Waals surface area contributed by atoms with Crippen LogP contribution in [0.4, 0.5) is 5.69 Å². The zero-order chi connectivity index (χ0) is 23.9. The number of hydrogen-bond acceptors (Lipinski definition) is 6. The minimum Gasteiger partial charge on any atom is -0.353 e. The highest BCUT2D eigenvalue weighted by Crippen LogP contribution is 2.26. The molecule has 1 saturated carbocycles. The number of rotatable bonds is 8. The molecule has 9 heteroatoms. The van der Waals surface area contributed by atoms with Gasteiger partial charge in [0, 0.05) is 29.7 Å². The lowest BCUT2D eigenvalue weighted by atomic mass is 9.95. The molecule has 2 aromatic heterocycles. The van der Waals surface area contributed by atoms with Crippen molar-refractivity contribution in [3.05, 3.63) is 54.4 Å². The molecule has 2 N–H and O–H groups in total. The molecular weight excluding hydrogens is 448 g/mol. The van der Waals surface area contributed by atoms with Gasteiger partial charge in [0.15, 0.2) is 11.0 Å². The number of carbonyl (C=O) groups is 2. The number of aromatic nitrogens is 4. The third-order valence-corrected chi connectivity index (χ3v) is 6.93. The van der Waals surface area contributed by atoms with Gasteiger partial charge in [0.25, 0.3) is 0 Å². The van der Waals surface area contributed by atoms with Crippen LogP contribution in [0.15, 0.2) is 53.9 Å². The molecule has 1 unspecified atom stereocenters. The Morgan fingerprint density at radius 3 is 2.59 bits per heavy atom. The topological polar surface area (TPSA) is 102 Å². The number of para-hydroxylation sites is 1. The van der Waals surface area contributed by atoms with E-state index in [1.54, 1.807) is 24.0 Å². The molecule has 2 heterocycles. The van der Waals surface area contributed by atoms with Gasteiger partial charge in [-0.1, -0.05) is 49.2 Å². The zero-order valence-corrected chi connectivity index (χ0v) is 20.3. The van der Waals surface area contributed by atoms with Crippen LogP contribution in [0.2, 0.25) is 0 Å². The predicted octanol–water partition coefficient (Wildman–Crippen LogP) is 4.39. The van der Waals surface area contributed by atoms with Crippen molar-refractivity contribution in [3.63, 3.8) is 0 Å². The second-order valence-corrected chi connectivity index (χ2v) is 9.51. The lowest BCUT2D eigenvalue weighted by molar-refractivity contribution is -0.120. The maximum absolute atomic E-state index is 13.1. The van der Waals surface area contributed by atoms with Gasteiger partial charge in [-0.05, 0) is 50.5 Å². The van der Waals surface area contributed by atoms with E-state index >= 15 is 0 Å². The molecule has 0 bridgehead atoms. The Hall–Kier alpha value is -3.20. The van der Waals surface area contributed by atoms with Crippen LogP contribution < -0.4 is 10.6 Å². The Morgan fingerprint density at radius 2 is 1.85 bits per heavy atom. The fourth-order valence-electron chi connectivity index (χ4n) is 3.99. The van der Waals surface area contributed by atoms with Crippen molar-refractivity contribution < 1.29 is 9.59 Å². The lowest BCUT2D eigenvalue weighted by Crippen LogP contribution is -2.37. The minimum absolute atomic E-state index is 0.0195. The number of benzene rings is 1. The van der Waals surface area contributed by atoms with Gasteiger partial charge in [0.2, 0.25) is 11.8 Å². The van der Waals surface area contributed by atoms with Crippen LogP contribution in [0.3, 0.4) is 0 Å². The van der Waals surface area contributed by atoms with E-state index in [0.29, 0.717) is 11.0 Å². The minimum atomic E-state index is -0.619. The van der Waals surface area contributed by atoms with E-state index in [1.165, 1.54) is 18.2 Å². The number of carbonyl (C=O) groups excluding carboxylic acids is 2. The SMILES string of the molecule is Cc1ccccc1NC(=O)C(C)n1nc(-c2ccncc2)nc1SCC(=O)NC1CCCCC1. The molecule has 34 heavy (non-hydrogen) atoms. The Balaban J connectivity index is 1.51. The average Bonchev–Trinajstić information content (AvgIpc) is 3.29. The second kappa shape index (κ2) is 11.3. The normalized spacial score (nSPS) is 15.0. The van der Waals surface area contributed by atoms with Crippen LogP contribution >= 0.6 is 11.8 Å². The highest BCUT2D eigenvalue weighted by Gasteiger charge is 2.24. The number of nitrogens with zero attached hydrogens (tertiary/aromatic N) is 4. The summed E-state index contributed by atoms with van der Waals surface area (Å²) in [5.41, 5.74) is 2.54. The summed E-state index contributed by atoms with van der Waals surface area (Å²) in [7, 11) is 0. The van der Waals surface area contributed by atoms with E-state index in [1.807, 2.05) is 43.3 Å². The van der Waals surface area contributed by atoms with Crippen LogP contribution in [0, 0.1) is 6.92 Å². The Bertz CT molecular complexity index is 1130. The van der Waals surface area contributed by atoms with Gasteiger partial charge >= 0.3 is 0 Å². The van der Waals surface area contributed by atoms with Crippen molar-refractivity contribution in [2.45, 2.75) is 63.2 Å². The van der Waals surface area contributed by atoms with Gasteiger partial charge in [0.05, 0.1) is 5.75 Å². The Morgan fingerprint density at radius 1 is 1.12 bits per heavy atom. The van der Waals surface area contributed by atoms with E-state index in [2.05, 4.69) is 25.7 Å². The summed E-state index contributed by atoms with van der Waals surface area (Å²) in [6.45, 7) is 3.73. The third kappa shape index (κ3) is 6.02. The number of anilines is 1. The molecule has 178 valence electrons. The summed E-state index contributed by atoms with van der Waals surface area (Å²) in [5, 5.41) is 11.3. The largest absolute Gasteiger partial charge is 0.353 e. The molecule has 2 amide bonds. The Labute approximate surface area is 204 Å². The molecule has 0 aliphatic heterocycles. The molecule has 0 spiro atoms. The lowest BCUT2D eigenvalue weighted by Gasteiger charge is -2.22. The van der Waals surface area contributed by atoms with Crippen molar-refractivity contribution >= 4 is 29.3 Å². The molecule has 1 atom stereocenters. The maximum atomic E-state index is 13.1.